The lowest BCUT2D eigenvalue weighted by atomic mass is 10.1. The molecule has 5 rings (SSSR count). The fourth-order valence-electron chi connectivity index (χ4n) is 4.64. The van der Waals surface area contributed by atoms with Crippen molar-refractivity contribution in [1.29, 1.82) is 0 Å². The van der Waals surface area contributed by atoms with Gasteiger partial charge in [0, 0.05) is 46.6 Å². The van der Waals surface area contributed by atoms with Crippen molar-refractivity contribution in [2.24, 2.45) is 0 Å². The highest BCUT2D eigenvalue weighted by molar-refractivity contribution is 7.85. The number of benzene rings is 3. The lowest BCUT2D eigenvalue weighted by Gasteiger charge is -2.29. The third-order valence-electron chi connectivity index (χ3n) is 6.71. The molecule has 5 nitrogen and oxygen atoms in total. The largest absolute Gasteiger partial charge is 0.744 e. The number of hydrogen-bond acceptors (Lipinski definition) is 4. The van der Waals surface area contributed by atoms with Crippen LogP contribution in [0.2, 0.25) is 0 Å². The molecule has 4 aromatic rings. The van der Waals surface area contributed by atoms with E-state index < -0.39 is 10.1 Å². The Labute approximate surface area is 247 Å². The highest BCUT2D eigenvalue weighted by atomic mass is 35.5. The van der Waals surface area contributed by atoms with Crippen LogP contribution in [0.4, 0.5) is 5.69 Å². The SMILES string of the molecule is CCN1C(=CC=C(Cl)C=Cc2ccc3ccccc3[n+]2CC)C=Cc2ccccc21.Cc1ccc(S(=O)(=O)[O-])cc1. The van der Waals surface area contributed by atoms with Crippen LogP contribution in [0.1, 0.15) is 30.7 Å². The average Bonchev–Trinajstić information content (AvgIpc) is 2.98. The number of hydrogen-bond donors (Lipinski definition) is 0. The van der Waals surface area contributed by atoms with E-state index in [2.05, 4.69) is 108 Å². The van der Waals surface area contributed by atoms with Crippen LogP contribution in [0.15, 0.2) is 125 Å². The van der Waals surface area contributed by atoms with Gasteiger partial charge in [-0.3, -0.25) is 0 Å². The van der Waals surface area contributed by atoms with Crippen LogP contribution in [0.25, 0.3) is 23.1 Å². The number of aromatic nitrogens is 1. The average molecular weight is 585 g/mol. The van der Waals surface area contributed by atoms with Gasteiger partial charge in [0.15, 0.2) is 0 Å². The van der Waals surface area contributed by atoms with Gasteiger partial charge in [-0.05, 0) is 81.0 Å². The van der Waals surface area contributed by atoms with Gasteiger partial charge in [-0.1, -0.05) is 65.7 Å². The number of pyridine rings is 1. The van der Waals surface area contributed by atoms with E-state index in [4.69, 9.17) is 11.6 Å². The summed E-state index contributed by atoms with van der Waals surface area (Å²) >= 11 is 6.53. The molecule has 7 heteroatoms. The van der Waals surface area contributed by atoms with Gasteiger partial charge in [0.05, 0.1) is 4.90 Å². The molecule has 210 valence electrons. The first-order chi connectivity index (χ1) is 19.7. The summed E-state index contributed by atoms with van der Waals surface area (Å²) in [5.41, 5.74) is 6.90. The maximum absolute atomic E-state index is 10.4. The molecule has 1 aliphatic rings. The third-order valence-corrected chi connectivity index (χ3v) is 7.82. The molecule has 3 aromatic carbocycles. The Morgan fingerprint density at radius 2 is 1.63 bits per heavy atom. The standard InChI is InChI=1S/C27H26ClN2.C7H8O3S/c1-3-29-24(17-13-21-9-5-7-11-26(21)29)19-15-23(28)16-20-25-18-14-22-10-6-8-12-27(22)30(25)4-2;1-6-2-4-7(5-3-6)11(8,9)10/h5-20H,3-4H2,1-2H3;2-5H,1H3,(H,8,9,10)/q+1;/p-1. The summed E-state index contributed by atoms with van der Waals surface area (Å²) in [6.45, 7) is 7.96. The van der Waals surface area contributed by atoms with Crippen LogP contribution >= 0.6 is 11.6 Å². The van der Waals surface area contributed by atoms with E-state index in [1.165, 1.54) is 34.3 Å². The second-order valence-electron chi connectivity index (χ2n) is 9.44. The Bertz CT molecular complexity index is 1750. The van der Waals surface area contributed by atoms with E-state index in [0.29, 0.717) is 5.03 Å². The van der Waals surface area contributed by atoms with Crippen molar-refractivity contribution >= 4 is 50.5 Å². The van der Waals surface area contributed by atoms with E-state index >= 15 is 0 Å². The van der Waals surface area contributed by atoms with Crippen molar-refractivity contribution in [2.45, 2.75) is 32.2 Å². The van der Waals surface area contributed by atoms with Gasteiger partial charge in [0.1, 0.15) is 16.7 Å². The van der Waals surface area contributed by atoms with Gasteiger partial charge in [0.25, 0.3) is 0 Å². The topological polar surface area (TPSA) is 64.3 Å². The van der Waals surface area contributed by atoms with Crippen molar-refractivity contribution in [2.75, 3.05) is 11.4 Å². The minimum atomic E-state index is -4.27. The molecule has 0 spiro atoms. The second-order valence-corrected chi connectivity index (χ2v) is 11.3. The number of fused-ring (bicyclic) bond motifs is 2. The zero-order valence-electron chi connectivity index (χ0n) is 23.4. The minimum absolute atomic E-state index is 0.178. The van der Waals surface area contributed by atoms with E-state index in [1.807, 2.05) is 19.1 Å². The third kappa shape index (κ3) is 7.61. The number of para-hydroxylation sites is 2. The van der Waals surface area contributed by atoms with Crippen LogP contribution in [0.5, 0.6) is 0 Å². The number of aryl methyl sites for hydroxylation is 2. The van der Waals surface area contributed by atoms with E-state index in [9.17, 15) is 13.0 Å². The Balaban J connectivity index is 0.000000296. The first kappa shape index (κ1) is 30.0. The molecular formula is C34H33ClN2O3S. The first-order valence-corrected chi connectivity index (χ1v) is 15.2. The zero-order chi connectivity index (χ0) is 29.4. The molecule has 0 atom stereocenters. The van der Waals surface area contributed by atoms with E-state index in [1.54, 1.807) is 12.1 Å². The van der Waals surface area contributed by atoms with Crippen LogP contribution in [-0.4, -0.2) is 19.5 Å². The Morgan fingerprint density at radius 1 is 0.927 bits per heavy atom. The molecule has 0 radical (unpaired) electrons. The summed E-state index contributed by atoms with van der Waals surface area (Å²) in [6, 6.07) is 27.0. The number of rotatable bonds is 6. The lowest BCUT2D eigenvalue weighted by Crippen LogP contribution is -2.36. The molecule has 41 heavy (non-hydrogen) atoms. The molecule has 0 N–H and O–H groups in total. The summed E-state index contributed by atoms with van der Waals surface area (Å²) < 4.78 is 33.5. The van der Waals surface area contributed by atoms with Gasteiger partial charge in [-0.2, -0.15) is 4.57 Å². The minimum Gasteiger partial charge on any atom is -0.744 e. The molecule has 0 unspecified atom stereocenters. The van der Waals surface area contributed by atoms with Crippen molar-refractivity contribution in [3.8, 4) is 0 Å². The first-order valence-electron chi connectivity index (χ1n) is 13.5. The van der Waals surface area contributed by atoms with Crippen LogP contribution in [0, 0.1) is 6.92 Å². The van der Waals surface area contributed by atoms with Crippen LogP contribution in [0.3, 0.4) is 0 Å². The van der Waals surface area contributed by atoms with Crippen molar-refractivity contribution in [3.05, 3.63) is 137 Å². The number of likely N-dealkylation sites (N-methyl/N-ethyl adjacent to an activating group) is 1. The smallest absolute Gasteiger partial charge is 0.212 e. The lowest BCUT2D eigenvalue weighted by molar-refractivity contribution is -0.669. The normalized spacial score (nSPS) is 14.3. The molecule has 0 saturated heterocycles. The van der Waals surface area contributed by atoms with Crippen molar-refractivity contribution < 1.29 is 17.5 Å². The van der Waals surface area contributed by atoms with Crippen LogP contribution in [-0.2, 0) is 16.7 Å². The summed E-state index contributed by atoms with van der Waals surface area (Å²) in [6.07, 6.45) is 12.4. The summed E-state index contributed by atoms with van der Waals surface area (Å²) in [4.78, 5) is 2.12. The second kappa shape index (κ2) is 13.6. The predicted octanol–water partition coefficient (Wildman–Crippen LogP) is 7.62. The molecule has 0 fully saturated rings. The molecule has 0 aliphatic carbocycles. The molecule has 1 aliphatic heterocycles. The van der Waals surface area contributed by atoms with Crippen LogP contribution < -0.4 is 9.47 Å². The molecule has 1 aromatic heterocycles. The van der Waals surface area contributed by atoms with Gasteiger partial charge in [-0.25, -0.2) is 8.42 Å². The Kier molecular flexibility index (Phi) is 9.95. The number of halogens is 1. The summed E-state index contributed by atoms with van der Waals surface area (Å²) in [5, 5.41) is 1.94. The highest BCUT2D eigenvalue weighted by Gasteiger charge is 2.15. The fourth-order valence-corrected chi connectivity index (χ4v) is 5.24. The molecule has 0 amide bonds. The number of nitrogens with zero attached hydrogens (tertiary/aromatic N) is 2. The van der Waals surface area contributed by atoms with E-state index in [-0.39, 0.29) is 4.90 Å². The molecule has 0 bridgehead atoms. The van der Waals surface area contributed by atoms with Gasteiger partial charge in [0.2, 0.25) is 11.2 Å². The predicted molar refractivity (Wildman–Crippen MR) is 169 cm³/mol. The van der Waals surface area contributed by atoms with E-state index in [0.717, 1.165) is 30.0 Å². The Hall–Kier alpha value is -3.97. The number of allylic oxidation sites excluding steroid dienone is 5. The molecule has 2 heterocycles. The molecule has 0 saturated carbocycles. The monoisotopic (exact) mass is 584 g/mol. The maximum atomic E-state index is 10.4. The van der Waals surface area contributed by atoms with Crippen molar-refractivity contribution in [1.82, 2.24) is 0 Å². The maximum Gasteiger partial charge on any atom is 0.212 e. The van der Waals surface area contributed by atoms with Gasteiger partial charge in [-0.15, -0.1) is 0 Å². The quantitative estimate of drug-likeness (QED) is 0.133. The van der Waals surface area contributed by atoms with Gasteiger partial charge >= 0.3 is 0 Å². The fraction of sp³-hybridized carbons (Fsp3) is 0.147. The van der Waals surface area contributed by atoms with Crippen molar-refractivity contribution in [3.63, 3.8) is 0 Å². The summed E-state index contributed by atoms with van der Waals surface area (Å²) in [7, 11) is -4.27. The summed E-state index contributed by atoms with van der Waals surface area (Å²) in [5.74, 6) is 0. The van der Waals surface area contributed by atoms with Gasteiger partial charge < -0.3 is 9.45 Å². The Morgan fingerprint density at radius 3 is 2.34 bits per heavy atom. The number of anilines is 1. The highest BCUT2D eigenvalue weighted by Crippen LogP contribution is 2.30. The molecular weight excluding hydrogens is 552 g/mol. The zero-order valence-corrected chi connectivity index (χ0v) is 24.9.